The first-order valence-corrected chi connectivity index (χ1v) is 11.5. The highest BCUT2D eigenvalue weighted by molar-refractivity contribution is 6.46. The van der Waals surface area contributed by atoms with Crippen LogP contribution in [0.4, 0.5) is 0 Å². The van der Waals surface area contributed by atoms with Crippen molar-refractivity contribution in [2.24, 2.45) is 5.92 Å². The van der Waals surface area contributed by atoms with Crippen LogP contribution in [0.25, 0.3) is 5.76 Å². The molecule has 0 aliphatic carbocycles. The van der Waals surface area contributed by atoms with E-state index in [2.05, 4.69) is 13.8 Å². The molecule has 3 rings (SSSR count). The number of ketones is 1. The van der Waals surface area contributed by atoms with Crippen LogP contribution in [0.5, 0.6) is 11.5 Å². The molecule has 1 fully saturated rings. The van der Waals surface area contributed by atoms with Gasteiger partial charge in [-0.1, -0.05) is 31.5 Å². The zero-order chi connectivity index (χ0) is 24.8. The second-order valence-corrected chi connectivity index (χ2v) is 8.87. The number of halogens is 1. The van der Waals surface area contributed by atoms with Gasteiger partial charge >= 0.3 is 0 Å². The molecule has 0 spiro atoms. The van der Waals surface area contributed by atoms with E-state index in [-0.39, 0.29) is 24.5 Å². The third kappa shape index (κ3) is 5.54. The summed E-state index contributed by atoms with van der Waals surface area (Å²) >= 11 is 5.97. The van der Waals surface area contributed by atoms with Gasteiger partial charge in [-0.2, -0.15) is 0 Å². The average Bonchev–Trinajstić information content (AvgIpc) is 3.07. The number of carbonyl (C=O) groups excluding carboxylic acids is 2. The summed E-state index contributed by atoms with van der Waals surface area (Å²) in [5, 5.41) is 11.6. The molecule has 7 nitrogen and oxygen atoms in total. The minimum atomic E-state index is -0.815. The summed E-state index contributed by atoms with van der Waals surface area (Å²) in [5.74, 6) is -0.183. The number of carbonyl (C=O) groups is 2. The van der Waals surface area contributed by atoms with Gasteiger partial charge in [0.25, 0.3) is 11.7 Å². The van der Waals surface area contributed by atoms with Gasteiger partial charge in [0, 0.05) is 24.2 Å². The molecule has 1 atom stereocenters. The van der Waals surface area contributed by atoms with E-state index < -0.39 is 17.7 Å². The zero-order valence-corrected chi connectivity index (χ0v) is 20.6. The molecule has 182 valence electrons. The number of hydrogen-bond acceptors (Lipinski definition) is 6. The largest absolute Gasteiger partial charge is 0.507 e. The standard InChI is InChI=1S/C26H30ClNO6/c1-16(2)11-13-34-20-10-7-18(15-21(20)33-4)23-22(24(29)17-5-8-19(27)9-6-17)25(30)26(31)28(23)12-14-32-3/h5-10,15-16,23,29H,11-14H2,1-4H3/t23-/m0/s1. The van der Waals surface area contributed by atoms with E-state index in [0.717, 1.165) is 6.42 Å². The van der Waals surface area contributed by atoms with Crippen molar-refractivity contribution in [3.05, 3.63) is 64.2 Å². The molecule has 0 aromatic heterocycles. The summed E-state index contributed by atoms with van der Waals surface area (Å²) in [6.07, 6.45) is 0.892. The lowest BCUT2D eigenvalue weighted by Crippen LogP contribution is -2.32. The van der Waals surface area contributed by atoms with Gasteiger partial charge in [0.05, 0.1) is 31.9 Å². The van der Waals surface area contributed by atoms with Crippen molar-refractivity contribution in [1.82, 2.24) is 4.90 Å². The molecule has 0 unspecified atom stereocenters. The molecule has 8 heteroatoms. The van der Waals surface area contributed by atoms with Crippen LogP contribution in [-0.4, -0.2) is 55.7 Å². The Bertz CT molecular complexity index is 1060. The van der Waals surface area contributed by atoms with E-state index in [1.54, 1.807) is 42.5 Å². The third-order valence-corrected chi connectivity index (χ3v) is 5.90. The fraction of sp³-hybridized carbons (Fsp3) is 0.385. The van der Waals surface area contributed by atoms with Crippen molar-refractivity contribution in [1.29, 1.82) is 0 Å². The molecule has 1 aliphatic heterocycles. The van der Waals surface area contributed by atoms with Crippen LogP contribution in [0, 0.1) is 5.92 Å². The van der Waals surface area contributed by atoms with Gasteiger partial charge in [0.1, 0.15) is 5.76 Å². The molecule has 34 heavy (non-hydrogen) atoms. The van der Waals surface area contributed by atoms with Gasteiger partial charge in [0.15, 0.2) is 11.5 Å². The highest BCUT2D eigenvalue weighted by Gasteiger charge is 2.46. The number of ether oxygens (including phenoxy) is 3. The smallest absolute Gasteiger partial charge is 0.295 e. The first-order valence-electron chi connectivity index (χ1n) is 11.1. The van der Waals surface area contributed by atoms with E-state index in [9.17, 15) is 14.7 Å². The Morgan fingerprint density at radius 2 is 1.76 bits per heavy atom. The normalized spacial score (nSPS) is 17.5. The quantitative estimate of drug-likeness (QED) is 0.293. The maximum atomic E-state index is 13.0. The lowest BCUT2D eigenvalue weighted by Gasteiger charge is -2.25. The number of methoxy groups -OCH3 is 2. The summed E-state index contributed by atoms with van der Waals surface area (Å²) in [6, 6.07) is 10.9. The number of Topliss-reactive ketones (excluding diaryl/α,β-unsaturated/α-hetero) is 1. The first kappa shape index (κ1) is 25.6. The second kappa shape index (κ2) is 11.4. The lowest BCUT2D eigenvalue weighted by molar-refractivity contribution is -0.140. The van der Waals surface area contributed by atoms with E-state index in [0.29, 0.717) is 40.2 Å². The molecule has 0 radical (unpaired) electrons. The molecule has 1 heterocycles. The monoisotopic (exact) mass is 487 g/mol. The van der Waals surface area contributed by atoms with Gasteiger partial charge in [-0.3, -0.25) is 9.59 Å². The number of hydrogen-bond donors (Lipinski definition) is 1. The van der Waals surface area contributed by atoms with Crippen LogP contribution < -0.4 is 9.47 Å². The van der Waals surface area contributed by atoms with Gasteiger partial charge in [0.2, 0.25) is 0 Å². The number of aliphatic hydroxyl groups is 1. The molecule has 1 saturated heterocycles. The summed E-state index contributed by atoms with van der Waals surface area (Å²) in [6.45, 7) is 5.19. The van der Waals surface area contributed by atoms with Gasteiger partial charge in [-0.25, -0.2) is 0 Å². The molecule has 1 aliphatic rings. The van der Waals surface area contributed by atoms with Gasteiger partial charge in [-0.05, 0) is 54.3 Å². The second-order valence-electron chi connectivity index (χ2n) is 8.43. The van der Waals surface area contributed by atoms with Crippen molar-refractivity contribution < 1.29 is 28.9 Å². The van der Waals surface area contributed by atoms with Crippen LogP contribution >= 0.6 is 11.6 Å². The maximum Gasteiger partial charge on any atom is 0.295 e. The van der Waals surface area contributed by atoms with Crippen LogP contribution in [0.3, 0.4) is 0 Å². The van der Waals surface area contributed by atoms with E-state index in [1.165, 1.54) is 19.1 Å². The molecule has 0 saturated carbocycles. The summed E-state index contributed by atoms with van der Waals surface area (Å²) in [4.78, 5) is 27.4. The fourth-order valence-corrected chi connectivity index (χ4v) is 3.91. The first-order chi connectivity index (χ1) is 16.3. The fourth-order valence-electron chi connectivity index (χ4n) is 3.79. The van der Waals surface area contributed by atoms with E-state index >= 15 is 0 Å². The van der Waals surface area contributed by atoms with Gasteiger partial charge < -0.3 is 24.2 Å². The Balaban J connectivity index is 2.07. The summed E-state index contributed by atoms with van der Waals surface area (Å²) in [5.41, 5.74) is 0.998. The van der Waals surface area contributed by atoms with Crippen molar-refractivity contribution in [3.63, 3.8) is 0 Å². The van der Waals surface area contributed by atoms with Crippen LogP contribution in [0.2, 0.25) is 5.02 Å². The number of likely N-dealkylation sites (tertiary alicyclic amines) is 1. The molecular formula is C26H30ClNO6. The topological polar surface area (TPSA) is 85.3 Å². The minimum Gasteiger partial charge on any atom is -0.507 e. The summed E-state index contributed by atoms with van der Waals surface area (Å²) < 4.78 is 16.6. The minimum absolute atomic E-state index is 0.000968. The molecule has 2 aromatic rings. The SMILES string of the molecule is COCCN1C(=O)C(=O)C(=C(O)c2ccc(Cl)cc2)[C@@H]1c1ccc(OCCC(C)C)c(OC)c1. The highest BCUT2D eigenvalue weighted by Crippen LogP contribution is 2.42. The maximum absolute atomic E-state index is 13.0. The summed E-state index contributed by atoms with van der Waals surface area (Å²) in [7, 11) is 3.05. The molecule has 1 amide bonds. The van der Waals surface area contributed by atoms with E-state index in [1.807, 2.05) is 0 Å². The van der Waals surface area contributed by atoms with Crippen molar-refractivity contribution in [2.45, 2.75) is 26.3 Å². The predicted octanol–water partition coefficient (Wildman–Crippen LogP) is 4.84. The Morgan fingerprint density at radius 1 is 1.06 bits per heavy atom. The number of nitrogens with zero attached hydrogens (tertiary/aromatic N) is 1. The van der Waals surface area contributed by atoms with Crippen LogP contribution in [0.15, 0.2) is 48.0 Å². The Labute approximate surface area is 204 Å². The average molecular weight is 488 g/mol. The van der Waals surface area contributed by atoms with Crippen LogP contribution in [-0.2, 0) is 14.3 Å². The highest BCUT2D eigenvalue weighted by atomic mass is 35.5. The van der Waals surface area contributed by atoms with Crippen LogP contribution in [0.1, 0.15) is 37.4 Å². The Hall–Kier alpha value is -3.03. The number of rotatable bonds is 10. The predicted molar refractivity (Wildman–Crippen MR) is 130 cm³/mol. The van der Waals surface area contributed by atoms with Gasteiger partial charge in [-0.15, -0.1) is 0 Å². The lowest BCUT2D eigenvalue weighted by atomic mass is 9.95. The third-order valence-electron chi connectivity index (χ3n) is 5.65. The van der Waals surface area contributed by atoms with E-state index in [4.69, 9.17) is 25.8 Å². The van der Waals surface area contributed by atoms with Crippen molar-refractivity contribution >= 4 is 29.1 Å². The zero-order valence-electron chi connectivity index (χ0n) is 19.8. The molecule has 1 N–H and O–H groups in total. The Kier molecular flexibility index (Phi) is 8.58. The Morgan fingerprint density at radius 3 is 2.38 bits per heavy atom. The number of benzene rings is 2. The van der Waals surface area contributed by atoms with Crippen molar-refractivity contribution in [2.75, 3.05) is 34.0 Å². The molecule has 2 aromatic carbocycles. The molecular weight excluding hydrogens is 458 g/mol. The van der Waals surface area contributed by atoms with Crippen molar-refractivity contribution in [3.8, 4) is 11.5 Å². The molecule has 0 bridgehead atoms. The number of amides is 1. The number of aliphatic hydroxyl groups excluding tert-OH is 1.